The Hall–Kier alpha value is -0.820. The van der Waals surface area contributed by atoms with E-state index in [1.165, 1.54) is 43.4 Å². The molecule has 1 aromatic carbocycles. The van der Waals surface area contributed by atoms with Gasteiger partial charge in [0.15, 0.2) is 0 Å². The minimum Gasteiger partial charge on any atom is -0.312 e. The second-order valence-electron chi connectivity index (χ2n) is 6.55. The molecule has 1 N–H and O–H groups in total. The smallest absolute Gasteiger partial charge is 0.0205 e. The van der Waals surface area contributed by atoms with E-state index in [2.05, 4.69) is 50.4 Å². The zero-order valence-electron chi connectivity index (χ0n) is 12.8. The molecule has 19 heavy (non-hydrogen) atoms. The average Bonchev–Trinajstić information content (AvgIpc) is 2.41. The van der Waals surface area contributed by atoms with Crippen molar-refractivity contribution in [3.8, 4) is 0 Å². The van der Waals surface area contributed by atoms with E-state index in [-0.39, 0.29) is 0 Å². The molecule has 0 heterocycles. The van der Waals surface area contributed by atoms with Gasteiger partial charge in [-0.1, -0.05) is 64.3 Å². The predicted octanol–water partition coefficient (Wildman–Crippen LogP) is 4.73. The normalized spacial score (nSPS) is 23.8. The molecule has 106 valence electrons. The molecule has 2 atom stereocenters. The van der Waals surface area contributed by atoms with Crippen LogP contribution < -0.4 is 5.32 Å². The topological polar surface area (TPSA) is 12.0 Å². The van der Waals surface area contributed by atoms with Crippen molar-refractivity contribution in [2.24, 2.45) is 11.8 Å². The largest absolute Gasteiger partial charge is 0.312 e. The lowest BCUT2D eigenvalue weighted by Crippen LogP contribution is -2.29. The molecule has 1 nitrogen and oxygen atoms in total. The first-order chi connectivity index (χ1) is 9.16. The van der Waals surface area contributed by atoms with Crippen molar-refractivity contribution < 1.29 is 0 Å². The third-order valence-corrected chi connectivity index (χ3v) is 4.67. The maximum atomic E-state index is 3.65. The Morgan fingerprint density at radius 2 is 1.79 bits per heavy atom. The van der Waals surface area contributed by atoms with Crippen molar-refractivity contribution in [3.05, 3.63) is 35.4 Å². The number of hydrogen-bond donors (Lipinski definition) is 1. The van der Waals surface area contributed by atoms with E-state index in [1.807, 2.05) is 0 Å². The quantitative estimate of drug-likeness (QED) is 0.806. The summed E-state index contributed by atoms with van der Waals surface area (Å²) in [7, 11) is 0. The molecule has 0 aromatic heterocycles. The minimum atomic E-state index is 0.630. The van der Waals surface area contributed by atoms with Crippen molar-refractivity contribution >= 4 is 0 Å². The fourth-order valence-electron chi connectivity index (χ4n) is 3.12. The first-order valence-corrected chi connectivity index (χ1v) is 7.96. The molecule has 1 saturated carbocycles. The Morgan fingerprint density at radius 1 is 1.11 bits per heavy atom. The van der Waals surface area contributed by atoms with Gasteiger partial charge in [-0.25, -0.2) is 0 Å². The summed E-state index contributed by atoms with van der Waals surface area (Å²) in [4.78, 5) is 0. The number of hydrogen-bond acceptors (Lipinski definition) is 1. The Balaban J connectivity index is 1.75. The van der Waals surface area contributed by atoms with Crippen LogP contribution in [0, 0.1) is 11.8 Å². The fourth-order valence-corrected chi connectivity index (χ4v) is 3.12. The van der Waals surface area contributed by atoms with Crippen molar-refractivity contribution in [2.45, 2.75) is 58.9 Å². The third-order valence-electron chi connectivity index (χ3n) is 4.67. The first kappa shape index (κ1) is 14.6. The van der Waals surface area contributed by atoms with Gasteiger partial charge in [0, 0.05) is 6.54 Å². The highest BCUT2D eigenvalue weighted by atomic mass is 14.9. The van der Waals surface area contributed by atoms with Crippen LogP contribution in [0.5, 0.6) is 0 Å². The first-order valence-electron chi connectivity index (χ1n) is 7.96. The molecule has 1 aliphatic rings. The molecule has 1 aliphatic carbocycles. The second-order valence-corrected chi connectivity index (χ2v) is 6.55. The van der Waals surface area contributed by atoms with Gasteiger partial charge < -0.3 is 5.32 Å². The van der Waals surface area contributed by atoms with Crippen LogP contribution in [0.1, 0.15) is 63.5 Å². The molecule has 0 amide bonds. The van der Waals surface area contributed by atoms with Gasteiger partial charge in [0.1, 0.15) is 0 Å². The number of nitrogens with one attached hydrogen (secondary N) is 1. The van der Waals surface area contributed by atoms with Gasteiger partial charge in [0.2, 0.25) is 0 Å². The molecule has 0 bridgehead atoms. The van der Waals surface area contributed by atoms with Crippen LogP contribution >= 0.6 is 0 Å². The Bertz CT molecular complexity index is 366. The van der Waals surface area contributed by atoms with Gasteiger partial charge in [-0.2, -0.15) is 0 Å². The van der Waals surface area contributed by atoms with E-state index in [4.69, 9.17) is 0 Å². The van der Waals surface area contributed by atoms with Crippen molar-refractivity contribution in [2.75, 3.05) is 6.54 Å². The standard InChI is InChI=1S/C18H29N/c1-14(2)17-10-8-16(9-11-17)12-19-13-18-7-5-4-6-15(18)3/h8-11,14-15,18-19H,4-7,12-13H2,1-3H3. The van der Waals surface area contributed by atoms with Gasteiger partial charge in [0.25, 0.3) is 0 Å². The molecular formula is C18H29N. The monoisotopic (exact) mass is 259 g/mol. The summed E-state index contributed by atoms with van der Waals surface area (Å²) < 4.78 is 0. The van der Waals surface area contributed by atoms with E-state index >= 15 is 0 Å². The van der Waals surface area contributed by atoms with E-state index in [0.29, 0.717) is 5.92 Å². The zero-order valence-corrected chi connectivity index (χ0v) is 12.8. The highest BCUT2D eigenvalue weighted by molar-refractivity contribution is 5.24. The number of rotatable bonds is 5. The van der Waals surface area contributed by atoms with Crippen molar-refractivity contribution in [1.29, 1.82) is 0 Å². The molecule has 1 aromatic rings. The summed E-state index contributed by atoms with van der Waals surface area (Å²) in [5, 5.41) is 3.65. The van der Waals surface area contributed by atoms with Gasteiger partial charge in [-0.15, -0.1) is 0 Å². The molecule has 1 fully saturated rings. The molecular weight excluding hydrogens is 230 g/mol. The summed E-state index contributed by atoms with van der Waals surface area (Å²) in [6, 6.07) is 9.08. The Kier molecular flexibility index (Phi) is 5.45. The van der Waals surface area contributed by atoms with E-state index in [9.17, 15) is 0 Å². The molecule has 0 aliphatic heterocycles. The van der Waals surface area contributed by atoms with Crippen molar-refractivity contribution in [1.82, 2.24) is 5.32 Å². The zero-order chi connectivity index (χ0) is 13.7. The lowest BCUT2D eigenvalue weighted by atomic mass is 9.80. The van der Waals surface area contributed by atoms with Crippen LogP contribution in [-0.2, 0) is 6.54 Å². The molecule has 2 unspecified atom stereocenters. The van der Waals surface area contributed by atoms with E-state index in [0.717, 1.165) is 18.4 Å². The maximum absolute atomic E-state index is 3.65. The predicted molar refractivity (Wildman–Crippen MR) is 83.4 cm³/mol. The number of benzene rings is 1. The van der Waals surface area contributed by atoms with Crippen LogP contribution in [0.4, 0.5) is 0 Å². The van der Waals surface area contributed by atoms with E-state index in [1.54, 1.807) is 0 Å². The minimum absolute atomic E-state index is 0.630. The van der Waals surface area contributed by atoms with Gasteiger partial charge >= 0.3 is 0 Å². The summed E-state index contributed by atoms with van der Waals surface area (Å²) in [6.07, 6.45) is 5.71. The lowest BCUT2D eigenvalue weighted by Gasteiger charge is -2.28. The van der Waals surface area contributed by atoms with E-state index < -0.39 is 0 Å². The highest BCUT2D eigenvalue weighted by Gasteiger charge is 2.20. The van der Waals surface area contributed by atoms with Crippen LogP contribution in [0.3, 0.4) is 0 Å². The second kappa shape index (κ2) is 7.09. The molecule has 0 saturated heterocycles. The lowest BCUT2D eigenvalue weighted by molar-refractivity contribution is 0.247. The van der Waals surface area contributed by atoms with Gasteiger partial charge in [0.05, 0.1) is 0 Å². The van der Waals surface area contributed by atoms with Gasteiger partial charge in [-0.05, 0) is 41.8 Å². The van der Waals surface area contributed by atoms with Crippen LogP contribution in [0.15, 0.2) is 24.3 Å². The van der Waals surface area contributed by atoms with Gasteiger partial charge in [-0.3, -0.25) is 0 Å². The summed E-state index contributed by atoms with van der Waals surface area (Å²) in [5.74, 6) is 2.43. The third kappa shape index (κ3) is 4.35. The molecule has 0 radical (unpaired) electrons. The molecule has 0 spiro atoms. The fraction of sp³-hybridized carbons (Fsp3) is 0.667. The Morgan fingerprint density at radius 3 is 2.42 bits per heavy atom. The summed E-state index contributed by atoms with van der Waals surface area (Å²) >= 11 is 0. The molecule has 1 heteroatoms. The summed E-state index contributed by atoms with van der Waals surface area (Å²) in [6.45, 7) is 9.12. The molecule has 2 rings (SSSR count). The Labute approximate surface area is 118 Å². The van der Waals surface area contributed by atoms with Crippen LogP contribution in [-0.4, -0.2) is 6.54 Å². The average molecular weight is 259 g/mol. The summed E-state index contributed by atoms with van der Waals surface area (Å²) in [5.41, 5.74) is 2.84. The van der Waals surface area contributed by atoms with Crippen LogP contribution in [0.2, 0.25) is 0 Å². The van der Waals surface area contributed by atoms with Crippen molar-refractivity contribution in [3.63, 3.8) is 0 Å². The highest BCUT2D eigenvalue weighted by Crippen LogP contribution is 2.28. The maximum Gasteiger partial charge on any atom is 0.0205 e. The van der Waals surface area contributed by atoms with Crippen LogP contribution in [0.25, 0.3) is 0 Å². The SMILES string of the molecule is CC(C)c1ccc(CNCC2CCCCC2C)cc1.